The molecule has 5 rings (SSSR count). The zero-order valence-electron chi connectivity index (χ0n) is 17.5. The Balaban J connectivity index is 1.71. The van der Waals surface area contributed by atoms with Crippen LogP contribution in [0, 0.1) is 0 Å². The summed E-state index contributed by atoms with van der Waals surface area (Å²) in [5, 5.41) is 24.6. The summed E-state index contributed by atoms with van der Waals surface area (Å²) in [4.78, 5) is 16.6. The minimum Gasteiger partial charge on any atom is -0.384 e. The molecule has 0 radical (unpaired) electrons. The standard InChI is InChI=1S/C26H24N4O2/c31-25(21-5-13-29-14-6-21)18-24(20-3-11-28-12-4-20)26(32,22-7-15-30-16-8-22)17-23(25)19-1-9-27-10-2-19/h1-16,23-24,31-32H,17-18H2/t23?,24?,25-,26+. The van der Waals surface area contributed by atoms with E-state index < -0.39 is 11.2 Å². The van der Waals surface area contributed by atoms with Crippen LogP contribution in [0.1, 0.15) is 46.9 Å². The van der Waals surface area contributed by atoms with Crippen molar-refractivity contribution in [3.63, 3.8) is 0 Å². The molecular weight excluding hydrogens is 400 g/mol. The van der Waals surface area contributed by atoms with Gasteiger partial charge in [0, 0.05) is 61.4 Å². The summed E-state index contributed by atoms with van der Waals surface area (Å²) in [6.45, 7) is 0. The van der Waals surface area contributed by atoms with Crippen molar-refractivity contribution >= 4 is 0 Å². The van der Waals surface area contributed by atoms with Gasteiger partial charge in [0.2, 0.25) is 0 Å². The molecule has 1 aliphatic rings. The summed E-state index contributed by atoms with van der Waals surface area (Å²) in [7, 11) is 0. The van der Waals surface area contributed by atoms with E-state index in [0.29, 0.717) is 12.8 Å². The second kappa shape index (κ2) is 8.22. The molecule has 160 valence electrons. The molecule has 0 saturated heterocycles. The molecule has 0 amide bonds. The fourth-order valence-electron chi connectivity index (χ4n) is 5.14. The first-order chi connectivity index (χ1) is 15.6. The van der Waals surface area contributed by atoms with E-state index in [9.17, 15) is 10.2 Å². The van der Waals surface area contributed by atoms with Gasteiger partial charge in [-0.3, -0.25) is 19.9 Å². The number of hydrogen-bond donors (Lipinski definition) is 2. The summed E-state index contributed by atoms with van der Waals surface area (Å²) in [5.41, 5.74) is 1.00. The number of aromatic nitrogens is 4. The zero-order valence-corrected chi connectivity index (χ0v) is 17.5. The Hall–Kier alpha value is -3.48. The summed E-state index contributed by atoms with van der Waals surface area (Å²) in [6.07, 6.45) is 14.3. The molecule has 32 heavy (non-hydrogen) atoms. The smallest absolute Gasteiger partial charge is 0.0974 e. The van der Waals surface area contributed by atoms with Crippen LogP contribution in [0.15, 0.2) is 98.1 Å². The van der Waals surface area contributed by atoms with E-state index in [1.165, 1.54) is 0 Å². The normalized spacial score (nSPS) is 27.7. The maximum Gasteiger partial charge on any atom is 0.0974 e. The van der Waals surface area contributed by atoms with E-state index >= 15 is 0 Å². The average Bonchev–Trinajstić information content (AvgIpc) is 2.87. The molecule has 2 N–H and O–H groups in total. The van der Waals surface area contributed by atoms with Gasteiger partial charge < -0.3 is 10.2 Å². The Morgan fingerprint density at radius 1 is 0.500 bits per heavy atom. The minimum atomic E-state index is -1.21. The maximum atomic E-state index is 12.3. The second-order valence-electron chi connectivity index (χ2n) is 8.39. The Morgan fingerprint density at radius 2 is 0.781 bits per heavy atom. The molecule has 1 aliphatic carbocycles. The van der Waals surface area contributed by atoms with Crippen molar-refractivity contribution in [2.45, 2.75) is 35.9 Å². The first kappa shape index (κ1) is 20.4. The van der Waals surface area contributed by atoms with Crippen molar-refractivity contribution in [3.05, 3.63) is 120 Å². The Bertz CT molecular complexity index is 1070. The fourth-order valence-corrected chi connectivity index (χ4v) is 5.14. The first-order valence-electron chi connectivity index (χ1n) is 10.7. The van der Waals surface area contributed by atoms with Gasteiger partial charge in [-0.05, 0) is 83.6 Å². The van der Waals surface area contributed by atoms with E-state index in [1.54, 1.807) is 49.6 Å². The van der Waals surface area contributed by atoms with Crippen LogP contribution in [-0.4, -0.2) is 30.1 Å². The number of aliphatic hydroxyl groups is 2. The predicted molar refractivity (Wildman–Crippen MR) is 119 cm³/mol. The van der Waals surface area contributed by atoms with Crippen molar-refractivity contribution in [2.24, 2.45) is 0 Å². The molecule has 2 unspecified atom stereocenters. The van der Waals surface area contributed by atoms with Crippen LogP contribution in [0.5, 0.6) is 0 Å². The maximum absolute atomic E-state index is 12.3. The van der Waals surface area contributed by atoms with Gasteiger partial charge in [-0.25, -0.2) is 0 Å². The molecule has 1 saturated carbocycles. The number of rotatable bonds is 4. The molecule has 6 heteroatoms. The minimum absolute atomic E-state index is 0.326. The summed E-state index contributed by atoms with van der Waals surface area (Å²) < 4.78 is 0. The number of hydrogen-bond acceptors (Lipinski definition) is 6. The lowest BCUT2D eigenvalue weighted by molar-refractivity contribution is -0.120. The average molecular weight is 425 g/mol. The third-order valence-corrected chi connectivity index (χ3v) is 6.76. The number of pyridine rings is 4. The highest BCUT2D eigenvalue weighted by Crippen LogP contribution is 2.58. The van der Waals surface area contributed by atoms with Crippen LogP contribution < -0.4 is 0 Å². The summed E-state index contributed by atoms with van der Waals surface area (Å²) >= 11 is 0. The van der Waals surface area contributed by atoms with Gasteiger partial charge in [0.05, 0.1) is 11.2 Å². The van der Waals surface area contributed by atoms with Gasteiger partial charge in [0.15, 0.2) is 0 Å². The number of nitrogens with zero attached hydrogens (tertiary/aromatic N) is 4. The zero-order chi connectivity index (χ0) is 22.0. The van der Waals surface area contributed by atoms with E-state index in [2.05, 4.69) is 19.9 Å². The van der Waals surface area contributed by atoms with Crippen LogP contribution in [0.4, 0.5) is 0 Å². The second-order valence-corrected chi connectivity index (χ2v) is 8.39. The van der Waals surface area contributed by atoms with Gasteiger partial charge in [-0.2, -0.15) is 0 Å². The molecule has 4 atom stereocenters. The molecule has 1 fully saturated rings. The summed E-state index contributed by atoms with van der Waals surface area (Å²) in [6, 6.07) is 15.1. The van der Waals surface area contributed by atoms with Crippen molar-refractivity contribution in [1.29, 1.82) is 0 Å². The highest BCUT2D eigenvalue weighted by Gasteiger charge is 2.55. The summed E-state index contributed by atoms with van der Waals surface area (Å²) in [5.74, 6) is -0.715. The van der Waals surface area contributed by atoms with Crippen molar-refractivity contribution in [2.75, 3.05) is 0 Å². The van der Waals surface area contributed by atoms with Crippen LogP contribution in [-0.2, 0) is 11.2 Å². The molecule has 0 spiro atoms. The highest BCUT2D eigenvalue weighted by atomic mass is 16.3. The lowest BCUT2D eigenvalue weighted by atomic mass is 9.57. The van der Waals surface area contributed by atoms with E-state index in [-0.39, 0.29) is 11.8 Å². The van der Waals surface area contributed by atoms with Gasteiger partial charge >= 0.3 is 0 Å². The van der Waals surface area contributed by atoms with Crippen LogP contribution in [0.2, 0.25) is 0 Å². The monoisotopic (exact) mass is 424 g/mol. The third kappa shape index (κ3) is 3.47. The predicted octanol–water partition coefficient (Wildman–Crippen LogP) is 3.70. The molecule has 4 aromatic heterocycles. The van der Waals surface area contributed by atoms with Crippen molar-refractivity contribution < 1.29 is 10.2 Å². The van der Waals surface area contributed by atoms with Crippen LogP contribution >= 0.6 is 0 Å². The molecule has 0 aliphatic heterocycles. The lowest BCUT2D eigenvalue weighted by Crippen LogP contribution is -2.50. The van der Waals surface area contributed by atoms with E-state index in [4.69, 9.17) is 0 Å². The molecular formula is C26H24N4O2. The SMILES string of the molecule is O[C@@]1(c2ccncc2)CC(c2ccncc2)[C@@](O)(c2ccncc2)CC1c1ccncc1. The molecule has 4 heterocycles. The fraction of sp³-hybridized carbons (Fsp3) is 0.231. The van der Waals surface area contributed by atoms with Crippen LogP contribution in [0.25, 0.3) is 0 Å². The van der Waals surface area contributed by atoms with Gasteiger partial charge in [0.25, 0.3) is 0 Å². The van der Waals surface area contributed by atoms with Gasteiger partial charge in [-0.1, -0.05) is 0 Å². The van der Waals surface area contributed by atoms with E-state index in [0.717, 1.165) is 22.3 Å². The highest BCUT2D eigenvalue weighted by molar-refractivity contribution is 5.39. The molecule has 4 aromatic rings. The van der Waals surface area contributed by atoms with E-state index in [1.807, 2.05) is 48.5 Å². The Morgan fingerprint density at radius 3 is 1.09 bits per heavy atom. The van der Waals surface area contributed by atoms with Gasteiger partial charge in [-0.15, -0.1) is 0 Å². The largest absolute Gasteiger partial charge is 0.384 e. The lowest BCUT2D eigenvalue weighted by Gasteiger charge is -2.52. The molecule has 0 aromatic carbocycles. The van der Waals surface area contributed by atoms with Crippen LogP contribution in [0.3, 0.4) is 0 Å². The Kier molecular flexibility index (Phi) is 5.25. The Labute approximate surface area is 186 Å². The first-order valence-corrected chi connectivity index (χ1v) is 10.7. The molecule has 6 nitrogen and oxygen atoms in total. The van der Waals surface area contributed by atoms with Crippen molar-refractivity contribution in [1.82, 2.24) is 19.9 Å². The quantitative estimate of drug-likeness (QED) is 0.519. The topological polar surface area (TPSA) is 92.0 Å². The third-order valence-electron chi connectivity index (χ3n) is 6.76. The van der Waals surface area contributed by atoms with Crippen molar-refractivity contribution in [3.8, 4) is 0 Å². The van der Waals surface area contributed by atoms with Gasteiger partial charge in [0.1, 0.15) is 0 Å². The molecule has 0 bridgehead atoms.